The van der Waals surface area contributed by atoms with E-state index in [2.05, 4.69) is 30.5 Å². The molecule has 4 rings (SSSR count). The van der Waals surface area contributed by atoms with E-state index < -0.39 is 17.2 Å². The lowest BCUT2D eigenvalue weighted by Crippen LogP contribution is -2.64. The third-order valence-corrected chi connectivity index (χ3v) is 6.84. The van der Waals surface area contributed by atoms with Gasteiger partial charge in [-0.25, -0.2) is 14.8 Å². The SMILES string of the molecule is CNCCCN(C(=O)C1(NC(=O)OC(C)(C)C)CCN(c2ncnc3[nH]ccc23)CC1)c1ccc(Cl)cc1. The van der Waals surface area contributed by atoms with Crippen molar-refractivity contribution in [1.82, 2.24) is 25.6 Å². The summed E-state index contributed by atoms with van der Waals surface area (Å²) in [6, 6.07) is 9.14. The average Bonchev–Trinajstić information content (AvgIpc) is 3.36. The lowest BCUT2D eigenvalue weighted by molar-refractivity contribution is -0.126. The summed E-state index contributed by atoms with van der Waals surface area (Å²) in [5, 5.41) is 7.63. The van der Waals surface area contributed by atoms with Gasteiger partial charge in [0.1, 0.15) is 28.9 Å². The maximum absolute atomic E-state index is 14.4. The van der Waals surface area contributed by atoms with Crippen molar-refractivity contribution in [2.45, 2.75) is 51.2 Å². The summed E-state index contributed by atoms with van der Waals surface area (Å²) in [5.74, 6) is 0.633. The molecule has 1 aliphatic heterocycles. The van der Waals surface area contributed by atoms with E-state index in [9.17, 15) is 9.59 Å². The molecule has 0 unspecified atom stereocenters. The predicted molar refractivity (Wildman–Crippen MR) is 150 cm³/mol. The van der Waals surface area contributed by atoms with E-state index in [1.165, 1.54) is 6.33 Å². The highest BCUT2D eigenvalue weighted by Crippen LogP contribution is 2.32. The van der Waals surface area contributed by atoms with Crippen molar-refractivity contribution in [2.75, 3.05) is 43.0 Å². The number of nitrogens with one attached hydrogen (secondary N) is 3. The minimum absolute atomic E-state index is 0.170. The molecule has 0 bridgehead atoms. The van der Waals surface area contributed by atoms with E-state index in [0.717, 1.165) is 35.5 Å². The number of alkyl carbamates (subject to hydrolysis) is 1. The lowest BCUT2D eigenvalue weighted by Gasteiger charge is -2.44. The molecule has 3 N–H and O–H groups in total. The van der Waals surface area contributed by atoms with Gasteiger partial charge in [-0.2, -0.15) is 0 Å². The van der Waals surface area contributed by atoms with E-state index in [1.807, 2.05) is 31.4 Å². The maximum atomic E-state index is 14.4. The monoisotopic (exact) mass is 541 g/mol. The number of halogens is 1. The van der Waals surface area contributed by atoms with Gasteiger partial charge in [0, 0.05) is 36.5 Å². The molecule has 0 radical (unpaired) electrons. The molecule has 1 saturated heterocycles. The fourth-order valence-corrected chi connectivity index (χ4v) is 4.87. The molecule has 0 aliphatic carbocycles. The fraction of sp³-hybridized carbons (Fsp3) is 0.481. The molecule has 1 fully saturated rings. The number of carbonyl (C=O) groups excluding carboxylic acids is 2. The molecular weight excluding hydrogens is 506 g/mol. The van der Waals surface area contributed by atoms with Crippen LogP contribution >= 0.6 is 11.6 Å². The Bertz CT molecular complexity index is 1250. The number of hydrogen-bond donors (Lipinski definition) is 3. The number of hydrogen-bond acceptors (Lipinski definition) is 7. The number of H-pyrrole nitrogens is 1. The van der Waals surface area contributed by atoms with Crippen LogP contribution in [0.4, 0.5) is 16.3 Å². The summed E-state index contributed by atoms with van der Waals surface area (Å²) >= 11 is 6.13. The zero-order chi connectivity index (χ0) is 27.3. The standard InChI is InChI=1S/C27H36ClN7O3/c1-26(2,3)38-25(37)33-27(24(36)35(15-5-13-29-4)20-8-6-19(28)7-9-20)11-16-34(17-12-27)23-21-10-14-30-22(21)31-18-32-23/h6-10,14,18,29H,5,11-13,15-17H2,1-4H3,(H,33,37)(H,30,31,32). The Morgan fingerprint density at radius 3 is 2.53 bits per heavy atom. The highest BCUT2D eigenvalue weighted by Gasteiger charge is 2.46. The first-order valence-electron chi connectivity index (χ1n) is 12.9. The number of carbonyl (C=O) groups is 2. The normalized spacial score (nSPS) is 15.3. The first kappa shape index (κ1) is 27.7. The minimum atomic E-state index is -1.15. The molecule has 38 heavy (non-hydrogen) atoms. The van der Waals surface area contributed by atoms with E-state index >= 15 is 0 Å². The third-order valence-electron chi connectivity index (χ3n) is 6.59. The number of rotatable bonds is 8. The summed E-state index contributed by atoms with van der Waals surface area (Å²) in [5.41, 5.74) is -0.359. The molecular formula is C27H36ClN7O3. The second-order valence-corrected chi connectivity index (χ2v) is 11.0. The van der Waals surface area contributed by atoms with E-state index in [-0.39, 0.29) is 5.91 Å². The number of benzene rings is 1. The van der Waals surface area contributed by atoms with Gasteiger partial charge in [0.25, 0.3) is 5.91 Å². The third kappa shape index (κ3) is 6.36. The Balaban J connectivity index is 1.64. The molecule has 3 heterocycles. The second kappa shape index (κ2) is 11.6. The molecule has 0 saturated carbocycles. The van der Waals surface area contributed by atoms with Crippen molar-refractivity contribution < 1.29 is 14.3 Å². The van der Waals surface area contributed by atoms with Crippen molar-refractivity contribution in [2.24, 2.45) is 0 Å². The van der Waals surface area contributed by atoms with Gasteiger partial charge in [-0.15, -0.1) is 0 Å². The Morgan fingerprint density at radius 1 is 1.16 bits per heavy atom. The Morgan fingerprint density at radius 2 is 1.87 bits per heavy atom. The summed E-state index contributed by atoms with van der Waals surface area (Å²) < 4.78 is 5.59. The van der Waals surface area contributed by atoms with Crippen LogP contribution in [0, 0.1) is 0 Å². The number of ether oxygens (including phenoxy) is 1. The van der Waals surface area contributed by atoms with Crippen molar-refractivity contribution >= 4 is 46.1 Å². The average molecular weight is 542 g/mol. The Kier molecular flexibility index (Phi) is 8.42. The van der Waals surface area contributed by atoms with Crippen LogP contribution < -0.4 is 20.4 Å². The number of nitrogens with zero attached hydrogens (tertiary/aromatic N) is 4. The van der Waals surface area contributed by atoms with Crippen LogP contribution in [0.2, 0.25) is 5.02 Å². The van der Waals surface area contributed by atoms with Gasteiger partial charge in [-0.3, -0.25) is 4.79 Å². The molecule has 1 aromatic carbocycles. The highest BCUT2D eigenvalue weighted by atomic mass is 35.5. The Hall–Kier alpha value is -3.37. The quantitative estimate of drug-likeness (QED) is 0.367. The first-order chi connectivity index (χ1) is 18.1. The van der Waals surface area contributed by atoms with Crippen molar-refractivity contribution in [3.05, 3.63) is 47.9 Å². The maximum Gasteiger partial charge on any atom is 0.408 e. The van der Waals surface area contributed by atoms with E-state index in [4.69, 9.17) is 16.3 Å². The van der Waals surface area contributed by atoms with Crippen molar-refractivity contribution in [3.8, 4) is 0 Å². The zero-order valence-electron chi connectivity index (χ0n) is 22.4. The van der Waals surface area contributed by atoms with E-state index in [0.29, 0.717) is 37.5 Å². The minimum Gasteiger partial charge on any atom is -0.444 e. The summed E-state index contributed by atoms with van der Waals surface area (Å²) in [4.78, 5) is 43.2. The van der Waals surface area contributed by atoms with Crippen molar-refractivity contribution in [3.63, 3.8) is 0 Å². The van der Waals surface area contributed by atoms with Gasteiger partial charge >= 0.3 is 6.09 Å². The molecule has 11 heteroatoms. The largest absolute Gasteiger partial charge is 0.444 e. The Labute approximate surface area is 228 Å². The molecule has 2 aromatic heterocycles. The van der Waals surface area contributed by atoms with Crippen LogP contribution in [0.15, 0.2) is 42.9 Å². The molecule has 204 valence electrons. The first-order valence-corrected chi connectivity index (χ1v) is 13.3. The molecule has 2 amide bonds. The lowest BCUT2D eigenvalue weighted by atomic mass is 9.85. The van der Waals surface area contributed by atoms with Gasteiger partial charge in [-0.1, -0.05) is 11.6 Å². The van der Waals surface area contributed by atoms with Crippen molar-refractivity contribution in [1.29, 1.82) is 0 Å². The van der Waals surface area contributed by atoms with Crippen LogP contribution in [-0.4, -0.2) is 71.3 Å². The fourth-order valence-electron chi connectivity index (χ4n) is 4.74. The topological polar surface area (TPSA) is 115 Å². The number of anilines is 2. The molecule has 10 nitrogen and oxygen atoms in total. The molecule has 0 spiro atoms. The predicted octanol–water partition coefficient (Wildman–Crippen LogP) is 4.12. The van der Waals surface area contributed by atoms with Gasteiger partial charge < -0.3 is 30.2 Å². The van der Waals surface area contributed by atoms with Gasteiger partial charge in [0.05, 0.1) is 5.39 Å². The summed E-state index contributed by atoms with van der Waals surface area (Å²) in [6.45, 7) is 7.68. The highest BCUT2D eigenvalue weighted by molar-refractivity contribution is 6.30. The molecule has 0 atom stereocenters. The second-order valence-electron chi connectivity index (χ2n) is 10.5. The number of amides is 2. The zero-order valence-corrected chi connectivity index (χ0v) is 23.1. The molecule has 1 aliphatic rings. The van der Waals surface area contributed by atoms with Crippen LogP contribution in [0.5, 0.6) is 0 Å². The van der Waals surface area contributed by atoms with E-state index in [1.54, 1.807) is 37.8 Å². The van der Waals surface area contributed by atoms with Gasteiger partial charge in [0.15, 0.2) is 0 Å². The van der Waals surface area contributed by atoms with Gasteiger partial charge in [-0.05, 0) is 84.0 Å². The van der Waals surface area contributed by atoms with Gasteiger partial charge in [0.2, 0.25) is 0 Å². The van der Waals surface area contributed by atoms with Crippen LogP contribution in [-0.2, 0) is 9.53 Å². The number of aromatic amines is 1. The summed E-state index contributed by atoms with van der Waals surface area (Å²) in [7, 11) is 1.88. The number of piperidine rings is 1. The summed E-state index contributed by atoms with van der Waals surface area (Å²) in [6.07, 6.45) is 4.27. The smallest absolute Gasteiger partial charge is 0.408 e. The number of fused-ring (bicyclic) bond motifs is 1. The number of aromatic nitrogens is 3. The van der Waals surface area contributed by atoms with Crippen LogP contribution in [0.1, 0.15) is 40.0 Å². The molecule has 3 aromatic rings. The van der Waals surface area contributed by atoms with Crippen LogP contribution in [0.25, 0.3) is 11.0 Å². The van der Waals surface area contributed by atoms with Crippen LogP contribution in [0.3, 0.4) is 0 Å².